The number of hydrogen-bond donors (Lipinski definition) is 1. The van der Waals surface area contributed by atoms with E-state index in [9.17, 15) is 9.59 Å². The quantitative estimate of drug-likeness (QED) is 0.737. The van der Waals surface area contributed by atoms with Gasteiger partial charge in [-0.05, 0) is 49.2 Å². The van der Waals surface area contributed by atoms with Crippen LogP contribution in [0.5, 0.6) is 0 Å². The van der Waals surface area contributed by atoms with E-state index < -0.39 is 0 Å². The van der Waals surface area contributed by atoms with E-state index in [1.165, 1.54) is 5.56 Å². The fraction of sp³-hybridized carbons (Fsp3) is 0.462. The fourth-order valence-corrected chi connectivity index (χ4v) is 5.45. The van der Waals surface area contributed by atoms with Gasteiger partial charge in [0.25, 0.3) is 5.91 Å². The molecular weight excluding hydrogens is 400 g/mol. The molecule has 6 heteroatoms. The van der Waals surface area contributed by atoms with Crippen LogP contribution in [0.4, 0.5) is 0 Å². The Hall–Kier alpha value is -2.70. The predicted octanol–water partition coefficient (Wildman–Crippen LogP) is 2.28. The molecule has 2 unspecified atom stereocenters. The highest BCUT2D eigenvalue weighted by atomic mass is 16.2. The molecule has 0 aromatic heterocycles. The summed E-state index contributed by atoms with van der Waals surface area (Å²) in [6.45, 7) is 6.72. The van der Waals surface area contributed by atoms with Gasteiger partial charge in [0.05, 0.1) is 12.0 Å². The molecule has 6 nitrogen and oxygen atoms in total. The fourth-order valence-electron chi connectivity index (χ4n) is 5.45. The second-order valence-corrected chi connectivity index (χ2v) is 9.25. The molecule has 0 saturated carbocycles. The van der Waals surface area contributed by atoms with Crippen LogP contribution in [0.15, 0.2) is 48.5 Å². The van der Waals surface area contributed by atoms with E-state index in [1.54, 1.807) is 0 Å². The summed E-state index contributed by atoms with van der Waals surface area (Å²) >= 11 is 0. The van der Waals surface area contributed by atoms with Crippen molar-refractivity contribution in [2.75, 3.05) is 52.9 Å². The summed E-state index contributed by atoms with van der Waals surface area (Å²) in [5.41, 5.74) is 3.88. The number of piperazine rings is 1. The molecule has 168 valence electrons. The molecule has 0 aliphatic carbocycles. The molecular formula is C26H32N4O2. The van der Waals surface area contributed by atoms with Gasteiger partial charge >= 0.3 is 0 Å². The standard InChI is InChI=1S/C26H32N4O2/c1-28-15-17-29(18-16-28)13-6-12-27-25(31)23-21-9-4-5-10-22(21)26(32)30-14-11-19-7-2-3-8-20(19)24(23)30/h2-5,7-10,23-24H,6,11-18H2,1H3,(H,27,31). The molecule has 2 atom stereocenters. The van der Waals surface area contributed by atoms with E-state index in [1.807, 2.05) is 41.3 Å². The highest BCUT2D eigenvalue weighted by Crippen LogP contribution is 2.45. The Labute approximate surface area is 190 Å². The highest BCUT2D eigenvalue weighted by Gasteiger charge is 2.45. The summed E-state index contributed by atoms with van der Waals surface area (Å²) in [5.74, 6) is -0.316. The van der Waals surface area contributed by atoms with Crippen molar-refractivity contribution < 1.29 is 9.59 Å². The SMILES string of the molecule is CN1CCN(CCCNC(=O)C2c3ccccc3C(=O)N3CCc4ccccc4C23)CC1. The van der Waals surface area contributed by atoms with Crippen molar-refractivity contribution in [1.29, 1.82) is 0 Å². The van der Waals surface area contributed by atoms with E-state index >= 15 is 0 Å². The van der Waals surface area contributed by atoms with Crippen LogP contribution in [0.2, 0.25) is 0 Å². The van der Waals surface area contributed by atoms with E-state index in [0.717, 1.165) is 56.7 Å². The van der Waals surface area contributed by atoms with Crippen LogP contribution in [0.1, 0.15) is 45.4 Å². The topological polar surface area (TPSA) is 55.9 Å². The molecule has 1 fully saturated rings. The van der Waals surface area contributed by atoms with Crippen molar-refractivity contribution in [1.82, 2.24) is 20.0 Å². The number of likely N-dealkylation sites (N-methyl/N-ethyl adjacent to an activating group) is 1. The Morgan fingerprint density at radius 2 is 1.69 bits per heavy atom. The van der Waals surface area contributed by atoms with E-state index in [0.29, 0.717) is 18.7 Å². The van der Waals surface area contributed by atoms with E-state index in [4.69, 9.17) is 0 Å². The number of carbonyl (C=O) groups excluding carboxylic acids is 2. The first-order valence-corrected chi connectivity index (χ1v) is 11.8. The molecule has 32 heavy (non-hydrogen) atoms. The van der Waals surface area contributed by atoms with Crippen LogP contribution in [-0.4, -0.2) is 79.4 Å². The summed E-state index contributed by atoms with van der Waals surface area (Å²) in [5, 5.41) is 3.21. The number of rotatable bonds is 5. The first-order chi connectivity index (χ1) is 15.6. The molecule has 0 bridgehead atoms. The molecule has 1 saturated heterocycles. The van der Waals surface area contributed by atoms with Gasteiger partial charge in [-0.2, -0.15) is 0 Å². The van der Waals surface area contributed by atoms with Gasteiger partial charge in [0.15, 0.2) is 0 Å². The average Bonchev–Trinajstić information content (AvgIpc) is 2.83. The van der Waals surface area contributed by atoms with Crippen molar-refractivity contribution in [3.63, 3.8) is 0 Å². The number of fused-ring (bicyclic) bond motifs is 4. The number of nitrogens with one attached hydrogen (secondary N) is 1. The van der Waals surface area contributed by atoms with Gasteiger partial charge in [-0.15, -0.1) is 0 Å². The van der Waals surface area contributed by atoms with Crippen molar-refractivity contribution >= 4 is 11.8 Å². The normalized spacial score (nSPS) is 23.3. The highest BCUT2D eigenvalue weighted by molar-refractivity contribution is 6.01. The van der Waals surface area contributed by atoms with Crippen molar-refractivity contribution in [3.8, 4) is 0 Å². The van der Waals surface area contributed by atoms with E-state index in [-0.39, 0.29) is 23.8 Å². The second-order valence-electron chi connectivity index (χ2n) is 9.25. The van der Waals surface area contributed by atoms with Crippen LogP contribution in [-0.2, 0) is 11.2 Å². The third-order valence-electron chi connectivity index (χ3n) is 7.26. The maximum absolute atomic E-state index is 13.6. The number of hydrogen-bond acceptors (Lipinski definition) is 4. The summed E-state index contributed by atoms with van der Waals surface area (Å²) in [6.07, 6.45) is 1.77. The maximum Gasteiger partial charge on any atom is 0.254 e. The molecule has 0 spiro atoms. The lowest BCUT2D eigenvalue weighted by molar-refractivity contribution is -0.124. The van der Waals surface area contributed by atoms with Crippen molar-refractivity contribution in [3.05, 3.63) is 70.8 Å². The number of amides is 2. The Morgan fingerprint density at radius 1 is 0.969 bits per heavy atom. The lowest BCUT2D eigenvalue weighted by Gasteiger charge is -2.45. The Bertz CT molecular complexity index is 999. The third kappa shape index (κ3) is 3.93. The number of benzene rings is 2. The number of carbonyl (C=O) groups is 2. The van der Waals surface area contributed by atoms with Crippen molar-refractivity contribution in [2.24, 2.45) is 0 Å². The van der Waals surface area contributed by atoms with Gasteiger partial charge in [0.2, 0.25) is 5.91 Å². The van der Waals surface area contributed by atoms with Crippen LogP contribution in [0.3, 0.4) is 0 Å². The molecule has 0 radical (unpaired) electrons. The Morgan fingerprint density at radius 3 is 2.50 bits per heavy atom. The van der Waals surface area contributed by atoms with Crippen LogP contribution >= 0.6 is 0 Å². The van der Waals surface area contributed by atoms with Gasteiger partial charge in [0, 0.05) is 44.8 Å². The zero-order valence-electron chi connectivity index (χ0n) is 18.8. The van der Waals surface area contributed by atoms with Crippen LogP contribution in [0.25, 0.3) is 0 Å². The first-order valence-electron chi connectivity index (χ1n) is 11.8. The summed E-state index contributed by atoms with van der Waals surface area (Å²) < 4.78 is 0. The minimum atomic E-state index is -0.381. The molecule has 3 aliphatic heterocycles. The molecule has 3 aliphatic rings. The molecule has 2 amide bonds. The lowest BCUT2D eigenvalue weighted by atomic mass is 9.76. The molecule has 2 aromatic rings. The first kappa shape index (κ1) is 21.2. The van der Waals surface area contributed by atoms with Gasteiger partial charge < -0.3 is 20.0 Å². The largest absolute Gasteiger partial charge is 0.355 e. The molecule has 5 rings (SSSR count). The second kappa shape index (κ2) is 9.04. The van der Waals surface area contributed by atoms with Crippen molar-refractivity contribution in [2.45, 2.75) is 24.8 Å². The summed E-state index contributed by atoms with van der Waals surface area (Å²) in [4.78, 5) is 33.6. The Kier molecular flexibility index (Phi) is 5.98. The predicted molar refractivity (Wildman–Crippen MR) is 125 cm³/mol. The lowest BCUT2D eigenvalue weighted by Crippen LogP contribution is -2.50. The minimum absolute atomic E-state index is 0.0232. The van der Waals surface area contributed by atoms with Crippen LogP contribution < -0.4 is 5.32 Å². The zero-order chi connectivity index (χ0) is 22.1. The monoisotopic (exact) mass is 432 g/mol. The molecule has 3 heterocycles. The van der Waals surface area contributed by atoms with Gasteiger partial charge in [-0.3, -0.25) is 9.59 Å². The van der Waals surface area contributed by atoms with Gasteiger partial charge in [-0.1, -0.05) is 42.5 Å². The average molecular weight is 433 g/mol. The van der Waals surface area contributed by atoms with Gasteiger partial charge in [0.1, 0.15) is 0 Å². The smallest absolute Gasteiger partial charge is 0.254 e. The van der Waals surface area contributed by atoms with E-state index in [2.05, 4.69) is 34.3 Å². The zero-order valence-corrected chi connectivity index (χ0v) is 18.8. The van der Waals surface area contributed by atoms with Crippen LogP contribution in [0, 0.1) is 0 Å². The minimum Gasteiger partial charge on any atom is -0.355 e. The summed E-state index contributed by atoms with van der Waals surface area (Å²) in [6, 6.07) is 15.7. The van der Waals surface area contributed by atoms with Gasteiger partial charge in [-0.25, -0.2) is 0 Å². The summed E-state index contributed by atoms with van der Waals surface area (Å²) in [7, 11) is 2.16. The number of nitrogens with zero attached hydrogens (tertiary/aromatic N) is 3. The molecule has 2 aromatic carbocycles. The third-order valence-corrected chi connectivity index (χ3v) is 7.26. The molecule has 1 N–H and O–H groups in total. The Balaban J connectivity index is 1.34. The maximum atomic E-state index is 13.6.